The van der Waals surface area contributed by atoms with Crippen molar-refractivity contribution in [3.05, 3.63) is 66.2 Å². The number of rotatable bonds is 5. The van der Waals surface area contributed by atoms with Gasteiger partial charge in [0.05, 0.1) is 5.41 Å². The van der Waals surface area contributed by atoms with Crippen molar-refractivity contribution in [3.8, 4) is 5.75 Å². The number of amides is 1. The van der Waals surface area contributed by atoms with E-state index in [1.54, 1.807) is 11.8 Å². The van der Waals surface area contributed by atoms with E-state index in [-0.39, 0.29) is 5.91 Å². The number of carboxylic acids is 1. The van der Waals surface area contributed by atoms with Crippen LogP contribution in [-0.2, 0) is 15.0 Å². The van der Waals surface area contributed by atoms with Crippen molar-refractivity contribution >= 4 is 11.9 Å². The van der Waals surface area contributed by atoms with Gasteiger partial charge in [0, 0.05) is 13.1 Å². The molecule has 1 fully saturated rings. The average molecular weight is 353 g/mol. The lowest BCUT2D eigenvalue weighted by molar-refractivity contribution is -0.149. The predicted molar refractivity (Wildman–Crippen MR) is 98.1 cm³/mol. The van der Waals surface area contributed by atoms with Gasteiger partial charge in [-0.15, -0.1) is 0 Å². The van der Waals surface area contributed by atoms with E-state index in [0.717, 1.165) is 5.56 Å². The van der Waals surface area contributed by atoms with Crippen molar-refractivity contribution in [3.63, 3.8) is 0 Å². The summed E-state index contributed by atoms with van der Waals surface area (Å²) in [5.74, 6) is -0.292. The number of carbonyl (C=O) groups excluding carboxylic acids is 1. The molecule has 0 spiro atoms. The van der Waals surface area contributed by atoms with Gasteiger partial charge >= 0.3 is 5.97 Å². The molecule has 0 bridgehead atoms. The smallest absolute Gasteiger partial charge is 0.314 e. The van der Waals surface area contributed by atoms with E-state index in [4.69, 9.17) is 4.74 Å². The molecule has 136 valence electrons. The molecule has 1 aliphatic heterocycles. The van der Waals surface area contributed by atoms with Crippen LogP contribution in [0.5, 0.6) is 5.75 Å². The first-order chi connectivity index (χ1) is 12.5. The number of ether oxygens (including phenoxy) is 1. The molecule has 1 atom stereocenters. The number of likely N-dealkylation sites (tertiary alicyclic amines) is 1. The monoisotopic (exact) mass is 353 g/mol. The normalized spacial score (nSPS) is 17.3. The highest BCUT2D eigenvalue weighted by Gasteiger charge is 2.44. The summed E-state index contributed by atoms with van der Waals surface area (Å²) in [6.45, 7) is 2.54. The topological polar surface area (TPSA) is 66.8 Å². The lowest BCUT2D eigenvalue weighted by Crippen LogP contribution is -2.51. The third-order valence-electron chi connectivity index (χ3n) is 5.07. The molecule has 1 amide bonds. The third-order valence-corrected chi connectivity index (χ3v) is 5.07. The largest absolute Gasteiger partial charge is 0.481 e. The van der Waals surface area contributed by atoms with Crippen molar-refractivity contribution in [2.75, 3.05) is 13.1 Å². The van der Waals surface area contributed by atoms with E-state index in [1.165, 1.54) is 0 Å². The highest BCUT2D eigenvalue weighted by Crippen LogP contribution is 2.36. The Balaban J connectivity index is 1.67. The molecular weight excluding hydrogens is 330 g/mol. The number of hydrogen-bond donors (Lipinski definition) is 1. The van der Waals surface area contributed by atoms with E-state index in [0.29, 0.717) is 31.7 Å². The van der Waals surface area contributed by atoms with Crippen molar-refractivity contribution in [1.29, 1.82) is 0 Å². The third kappa shape index (κ3) is 3.57. The van der Waals surface area contributed by atoms with Crippen LogP contribution in [0.3, 0.4) is 0 Å². The number of nitrogens with zero attached hydrogens (tertiary/aromatic N) is 1. The standard InChI is InChI=1S/C21H23NO4/c1-16(26-18-10-6-3-7-11-18)19(23)22-14-12-21(13-15-22,20(24)25)17-8-4-2-5-9-17/h2-11,16H,12-15H2,1H3,(H,24,25). The van der Waals surface area contributed by atoms with Crippen molar-refractivity contribution in [2.45, 2.75) is 31.3 Å². The fraction of sp³-hybridized carbons (Fsp3) is 0.333. The minimum atomic E-state index is -0.929. The van der Waals surface area contributed by atoms with Gasteiger partial charge in [0.15, 0.2) is 6.10 Å². The first kappa shape index (κ1) is 18.0. The molecule has 26 heavy (non-hydrogen) atoms. The van der Waals surface area contributed by atoms with Crippen LogP contribution >= 0.6 is 0 Å². The Kier molecular flexibility index (Phi) is 5.26. The number of piperidine rings is 1. The van der Waals surface area contributed by atoms with E-state index in [9.17, 15) is 14.7 Å². The summed E-state index contributed by atoms with van der Waals surface area (Å²) in [5, 5.41) is 9.84. The number of carboxylic acid groups (broad SMARTS) is 1. The van der Waals surface area contributed by atoms with Crippen LogP contribution < -0.4 is 4.74 Å². The van der Waals surface area contributed by atoms with Crippen molar-refractivity contribution < 1.29 is 19.4 Å². The fourth-order valence-electron chi connectivity index (χ4n) is 3.50. The summed E-state index contributed by atoms with van der Waals surface area (Å²) >= 11 is 0. The predicted octanol–water partition coefficient (Wildman–Crippen LogP) is 3.10. The average Bonchev–Trinajstić information content (AvgIpc) is 2.68. The van der Waals surface area contributed by atoms with Crippen LogP contribution in [0.1, 0.15) is 25.3 Å². The highest BCUT2D eigenvalue weighted by molar-refractivity contribution is 5.84. The van der Waals surface area contributed by atoms with Gasteiger partial charge in [-0.3, -0.25) is 9.59 Å². The first-order valence-electron chi connectivity index (χ1n) is 8.82. The van der Waals surface area contributed by atoms with Crippen LogP contribution in [0, 0.1) is 0 Å². The summed E-state index contributed by atoms with van der Waals surface area (Å²) in [6.07, 6.45) is 0.193. The summed E-state index contributed by atoms with van der Waals surface area (Å²) in [6, 6.07) is 18.5. The second-order valence-corrected chi connectivity index (χ2v) is 6.65. The van der Waals surface area contributed by atoms with Gasteiger partial charge in [-0.1, -0.05) is 48.5 Å². The molecule has 2 aromatic carbocycles. The molecule has 3 rings (SSSR count). The molecule has 1 aliphatic rings. The molecule has 1 saturated heterocycles. The SMILES string of the molecule is CC(Oc1ccccc1)C(=O)N1CCC(C(=O)O)(c2ccccc2)CC1. The number of hydrogen-bond acceptors (Lipinski definition) is 3. The number of aliphatic carboxylic acids is 1. The molecular formula is C21H23NO4. The molecule has 2 aromatic rings. The highest BCUT2D eigenvalue weighted by atomic mass is 16.5. The number of carbonyl (C=O) groups is 2. The second-order valence-electron chi connectivity index (χ2n) is 6.65. The molecule has 1 N–H and O–H groups in total. The minimum Gasteiger partial charge on any atom is -0.481 e. The van der Waals surface area contributed by atoms with Crippen LogP contribution in [0.4, 0.5) is 0 Å². The summed E-state index contributed by atoms with van der Waals surface area (Å²) in [4.78, 5) is 26.4. The molecule has 0 aromatic heterocycles. The quantitative estimate of drug-likeness (QED) is 0.897. The van der Waals surface area contributed by atoms with Crippen LogP contribution in [0.15, 0.2) is 60.7 Å². The Morgan fingerprint density at radius 2 is 1.54 bits per heavy atom. The zero-order chi connectivity index (χ0) is 18.6. The Labute approximate surface area is 153 Å². The molecule has 5 nitrogen and oxygen atoms in total. The zero-order valence-electron chi connectivity index (χ0n) is 14.8. The minimum absolute atomic E-state index is 0.110. The Bertz CT molecular complexity index is 752. The maximum atomic E-state index is 12.7. The lowest BCUT2D eigenvalue weighted by Gasteiger charge is -2.40. The molecule has 1 heterocycles. The van der Waals surface area contributed by atoms with E-state index >= 15 is 0 Å². The van der Waals surface area contributed by atoms with E-state index < -0.39 is 17.5 Å². The van der Waals surface area contributed by atoms with Crippen LogP contribution in [0.25, 0.3) is 0 Å². The van der Waals surface area contributed by atoms with E-state index in [1.807, 2.05) is 60.7 Å². The van der Waals surface area contributed by atoms with Gasteiger partial charge in [0.2, 0.25) is 0 Å². The van der Waals surface area contributed by atoms with Gasteiger partial charge in [0.1, 0.15) is 5.75 Å². The molecule has 5 heteroatoms. The van der Waals surface area contributed by atoms with Gasteiger partial charge in [-0.25, -0.2) is 0 Å². The maximum absolute atomic E-state index is 12.7. The molecule has 0 radical (unpaired) electrons. The molecule has 0 aliphatic carbocycles. The van der Waals surface area contributed by atoms with Crippen molar-refractivity contribution in [2.24, 2.45) is 0 Å². The van der Waals surface area contributed by atoms with Crippen molar-refractivity contribution in [1.82, 2.24) is 4.90 Å². The van der Waals surface area contributed by atoms with Gasteiger partial charge < -0.3 is 14.7 Å². The fourth-order valence-corrected chi connectivity index (χ4v) is 3.50. The molecule has 1 unspecified atom stereocenters. The lowest BCUT2D eigenvalue weighted by atomic mass is 9.73. The first-order valence-corrected chi connectivity index (χ1v) is 8.82. The Morgan fingerprint density at radius 1 is 1.00 bits per heavy atom. The van der Waals surface area contributed by atoms with Gasteiger partial charge in [0.25, 0.3) is 5.91 Å². The molecule has 0 saturated carbocycles. The summed E-state index contributed by atoms with van der Waals surface area (Å²) in [7, 11) is 0. The number of benzene rings is 2. The Hall–Kier alpha value is -2.82. The maximum Gasteiger partial charge on any atom is 0.314 e. The zero-order valence-corrected chi connectivity index (χ0v) is 14.8. The summed E-state index contributed by atoms with van der Waals surface area (Å²) in [5.41, 5.74) is -0.130. The van der Waals surface area contributed by atoms with Gasteiger partial charge in [-0.05, 0) is 37.5 Å². The van der Waals surface area contributed by atoms with Gasteiger partial charge in [-0.2, -0.15) is 0 Å². The van der Waals surface area contributed by atoms with Crippen LogP contribution in [0.2, 0.25) is 0 Å². The Morgan fingerprint density at radius 3 is 2.08 bits per heavy atom. The second kappa shape index (κ2) is 7.60. The van der Waals surface area contributed by atoms with E-state index in [2.05, 4.69) is 0 Å². The van der Waals surface area contributed by atoms with Crippen LogP contribution in [-0.4, -0.2) is 41.1 Å². The summed E-state index contributed by atoms with van der Waals surface area (Å²) < 4.78 is 5.71. The number of para-hydroxylation sites is 1.